The molecule has 0 aromatic heterocycles. The zero-order chi connectivity index (χ0) is 17.2. The number of benzene rings is 1. The molecule has 0 spiro atoms. The SMILES string of the molecule is COC(=O)c1ccc(C2CCN(C(=O)O)CC2(F)F)cc1OC. The molecular formula is C15H17F2NO5. The van der Waals surface area contributed by atoms with E-state index in [9.17, 15) is 18.4 Å². The first-order valence-corrected chi connectivity index (χ1v) is 6.92. The summed E-state index contributed by atoms with van der Waals surface area (Å²) in [6.45, 7) is -0.829. The summed E-state index contributed by atoms with van der Waals surface area (Å²) in [5.74, 6) is -4.82. The van der Waals surface area contributed by atoms with Crippen LogP contribution in [0.4, 0.5) is 13.6 Å². The maximum absolute atomic E-state index is 14.3. The van der Waals surface area contributed by atoms with Crippen LogP contribution in [0.15, 0.2) is 18.2 Å². The lowest BCUT2D eigenvalue weighted by Crippen LogP contribution is -2.49. The van der Waals surface area contributed by atoms with Crippen LogP contribution in [-0.4, -0.2) is 55.3 Å². The molecule has 1 aromatic rings. The minimum atomic E-state index is -3.20. The van der Waals surface area contributed by atoms with Gasteiger partial charge in [-0.25, -0.2) is 18.4 Å². The number of nitrogens with zero attached hydrogens (tertiary/aromatic N) is 1. The fourth-order valence-corrected chi connectivity index (χ4v) is 2.72. The number of carbonyl (C=O) groups excluding carboxylic acids is 1. The van der Waals surface area contributed by atoms with Crippen molar-refractivity contribution in [2.45, 2.75) is 18.3 Å². The van der Waals surface area contributed by atoms with Gasteiger partial charge in [0, 0.05) is 6.54 Å². The molecule has 1 aliphatic rings. The average molecular weight is 329 g/mol. The summed E-state index contributed by atoms with van der Waals surface area (Å²) in [6, 6.07) is 4.17. The lowest BCUT2D eigenvalue weighted by atomic mass is 9.85. The van der Waals surface area contributed by atoms with Gasteiger partial charge in [-0.05, 0) is 24.1 Å². The highest BCUT2D eigenvalue weighted by Gasteiger charge is 2.46. The average Bonchev–Trinajstić information content (AvgIpc) is 2.52. The summed E-state index contributed by atoms with van der Waals surface area (Å²) in [7, 11) is 2.54. The number of methoxy groups -OCH3 is 2. The van der Waals surface area contributed by atoms with Crippen molar-refractivity contribution in [2.75, 3.05) is 27.3 Å². The van der Waals surface area contributed by atoms with Crippen molar-refractivity contribution >= 4 is 12.1 Å². The first-order chi connectivity index (χ1) is 10.8. The molecule has 1 amide bonds. The second kappa shape index (κ2) is 6.39. The van der Waals surface area contributed by atoms with E-state index in [0.717, 1.165) is 0 Å². The molecule has 1 aromatic carbocycles. The lowest BCUT2D eigenvalue weighted by Gasteiger charge is -2.37. The van der Waals surface area contributed by atoms with E-state index in [1.807, 2.05) is 0 Å². The van der Waals surface area contributed by atoms with Gasteiger partial charge in [-0.1, -0.05) is 6.07 Å². The molecule has 1 saturated heterocycles. The third-order valence-electron chi connectivity index (χ3n) is 3.90. The van der Waals surface area contributed by atoms with Crippen molar-refractivity contribution in [3.63, 3.8) is 0 Å². The fraction of sp³-hybridized carbons (Fsp3) is 0.467. The van der Waals surface area contributed by atoms with E-state index in [1.165, 1.54) is 32.4 Å². The highest BCUT2D eigenvalue weighted by Crippen LogP contribution is 2.41. The molecule has 0 aliphatic carbocycles. The van der Waals surface area contributed by atoms with Crippen LogP contribution in [0.25, 0.3) is 0 Å². The van der Waals surface area contributed by atoms with Crippen LogP contribution in [0.2, 0.25) is 0 Å². The summed E-state index contributed by atoms with van der Waals surface area (Å²) in [4.78, 5) is 23.2. The van der Waals surface area contributed by atoms with Crippen LogP contribution in [0.1, 0.15) is 28.3 Å². The Morgan fingerprint density at radius 2 is 2.04 bits per heavy atom. The number of amides is 1. The molecule has 1 unspecified atom stereocenters. The Balaban J connectivity index is 2.31. The molecule has 2 rings (SSSR count). The summed E-state index contributed by atoms with van der Waals surface area (Å²) < 4.78 is 38.3. The van der Waals surface area contributed by atoms with Crippen LogP contribution in [-0.2, 0) is 4.74 Å². The number of carboxylic acid groups (broad SMARTS) is 1. The molecule has 126 valence electrons. The molecule has 0 radical (unpaired) electrons. The standard InChI is InChI=1S/C15H17F2NO5/c1-22-12-7-9(3-4-10(12)13(19)23-2)11-5-6-18(14(20)21)8-15(11,16)17/h3-4,7,11H,5-6,8H2,1-2H3,(H,20,21). The van der Waals surface area contributed by atoms with Gasteiger partial charge in [0.05, 0.1) is 26.7 Å². The Morgan fingerprint density at radius 1 is 1.35 bits per heavy atom. The molecular weight excluding hydrogens is 312 g/mol. The lowest BCUT2D eigenvalue weighted by molar-refractivity contribution is -0.0761. The van der Waals surface area contributed by atoms with E-state index in [-0.39, 0.29) is 24.3 Å². The number of rotatable bonds is 3. The van der Waals surface area contributed by atoms with Crippen molar-refractivity contribution in [3.8, 4) is 5.75 Å². The van der Waals surface area contributed by atoms with Gasteiger partial charge < -0.3 is 19.5 Å². The number of halogens is 2. The maximum Gasteiger partial charge on any atom is 0.407 e. The number of ether oxygens (including phenoxy) is 2. The number of alkyl halides is 2. The Kier molecular flexibility index (Phi) is 4.72. The number of esters is 1. The molecule has 8 heteroatoms. The summed E-state index contributed by atoms with van der Waals surface area (Å²) in [6.07, 6.45) is -1.37. The normalized spacial score (nSPS) is 20.0. The molecule has 0 bridgehead atoms. The predicted molar refractivity (Wildman–Crippen MR) is 76.2 cm³/mol. The summed E-state index contributed by atoms with van der Waals surface area (Å²) in [5.41, 5.74) is 0.439. The molecule has 1 heterocycles. The van der Waals surface area contributed by atoms with Gasteiger partial charge in [-0.15, -0.1) is 0 Å². The van der Waals surface area contributed by atoms with E-state index >= 15 is 0 Å². The van der Waals surface area contributed by atoms with Crippen molar-refractivity contribution < 1.29 is 33.0 Å². The van der Waals surface area contributed by atoms with Gasteiger partial charge in [0.2, 0.25) is 0 Å². The highest BCUT2D eigenvalue weighted by atomic mass is 19.3. The minimum absolute atomic E-state index is 0.0139. The van der Waals surface area contributed by atoms with Crippen molar-refractivity contribution in [1.82, 2.24) is 4.90 Å². The number of carbonyl (C=O) groups is 2. The van der Waals surface area contributed by atoms with Crippen LogP contribution in [0.3, 0.4) is 0 Å². The van der Waals surface area contributed by atoms with Crippen LogP contribution >= 0.6 is 0 Å². The van der Waals surface area contributed by atoms with Crippen molar-refractivity contribution in [3.05, 3.63) is 29.3 Å². The second-order valence-corrected chi connectivity index (χ2v) is 5.26. The van der Waals surface area contributed by atoms with E-state index in [1.54, 1.807) is 0 Å². The molecule has 23 heavy (non-hydrogen) atoms. The van der Waals surface area contributed by atoms with E-state index < -0.39 is 30.4 Å². The van der Waals surface area contributed by atoms with Gasteiger partial charge in [-0.2, -0.15) is 0 Å². The van der Waals surface area contributed by atoms with Gasteiger partial charge in [0.15, 0.2) is 0 Å². The summed E-state index contributed by atoms with van der Waals surface area (Å²) >= 11 is 0. The van der Waals surface area contributed by atoms with Crippen molar-refractivity contribution in [2.24, 2.45) is 0 Å². The van der Waals surface area contributed by atoms with Crippen molar-refractivity contribution in [1.29, 1.82) is 0 Å². The second-order valence-electron chi connectivity index (χ2n) is 5.26. The maximum atomic E-state index is 14.3. The first kappa shape index (κ1) is 17.0. The molecule has 0 saturated carbocycles. The number of piperidine rings is 1. The van der Waals surface area contributed by atoms with Gasteiger partial charge in [0.25, 0.3) is 5.92 Å². The fourth-order valence-electron chi connectivity index (χ4n) is 2.72. The van der Waals surface area contributed by atoms with E-state index in [4.69, 9.17) is 9.84 Å². The molecule has 1 aliphatic heterocycles. The minimum Gasteiger partial charge on any atom is -0.496 e. The third kappa shape index (κ3) is 3.35. The quantitative estimate of drug-likeness (QED) is 0.863. The monoisotopic (exact) mass is 329 g/mol. The molecule has 1 atom stereocenters. The predicted octanol–water partition coefficient (Wildman–Crippen LogP) is 2.58. The van der Waals surface area contributed by atoms with E-state index in [0.29, 0.717) is 10.5 Å². The smallest absolute Gasteiger partial charge is 0.407 e. The first-order valence-electron chi connectivity index (χ1n) is 6.92. The topological polar surface area (TPSA) is 76.1 Å². The number of hydrogen-bond donors (Lipinski definition) is 1. The Hall–Kier alpha value is -2.38. The summed E-state index contributed by atoms with van der Waals surface area (Å²) in [5, 5.41) is 8.86. The Labute approximate surface area is 131 Å². The highest BCUT2D eigenvalue weighted by molar-refractivity contribution is 5.92. The Morgan fingerprint density at radius 3 is 2.57 bits per heavy atom. The zero-order valence-corrected chi connectivity index (χ0v) is 12.7. The number of hydrogen-bond acceptors (Lipinski definition) is 4. The molecule has 6 nitrogen and oxygen atoms in total. The van der Waals surface area contributed by atoms with Gasteiger partial charge in [0.1, 0.15) is 11.3 Å². The van der Waals surface area contributed by atoms with E-state index in [2.05, 4.69) is 4.74 Å². The zero-order valence-electron chi connectivity index (χ0n) is 12.7. The number of likely N-dealkylation sites (tertiary alicyclic amines) is 1. The van der Waals surface area contributed by atoms with Crippen LogP contribution in [0.5, 0.6) is 5.75 Å². The van der Waals surface area contributed by atoms with Gasteiger partial charge in [-0.3, -0.25) is 0 Å². The third-order valence-corrected chi connectivity index (χ3v) is 3.90. The van der Waals surface area contributed by atoms with Crippen LogP contribution in [0, 0.1) is 0 Å². The molecule has 1 N–H and O–H groups in total. The Bertz CT molecular complexity index is 620. The molecule has 1 fully saturated rings. The van der Waals surface area contributed by atoms with Gasteiger partial charge >= 0.3 is 12.1 Å². The van der Waals surface area contributed by atoms with Crippen LogP contribution < -0.4 is 4.74 Å². The largest absolute Gasteiger partial charge is 0.496 e.